The van der Waals surface area contributed by atoms with Gasteiger partial charge in [0.1, 0.15) is 0 Å². The van der Waals surface area contributed by atoms with Crippen molar-refractivity contribution < 1.29 is 0 Å². The van der Waals surface area contributed by atoms with Crippen molar-refractivity contribution in [3.8, 4) is 0 Å². The molecular weight excluding hydrogens is 222 g/mol. The lowest BCUT2D eigenvalue weighted by Gasteiger charge is -2.20. The van der Waals surface area contributed by atoms with Crippen molar-refractivity contribution in [2.24, 2.45) is 0 Å². The van der Waals surface area contributed by atoms with Crippen LogP contribution in [0, 0.1) is 0 Å². The Morgan fingerprint density at radius 1 is 1.00 bits per heavy atom. The van der Waals surface area contributed by atoms with Crippen LogP contribution in [0.4, 0.5) is 11.4 Å². The van der Waals surface area contributed by atoms with Crippen molar-refractivity contribution in [3.05, 3.63) is 65.9 Å². The molecule has 3 heteroatoms. The van der Waals surface area contributed by atoms with E-state index in [0.717, 1.165) is 17.9 Å². The molecule has 2 aliphatic heterocycles. The second kappa shape index (κ2) is 3.62. The summed E-state index contributed by atoms with van der Waals surface area (Å²) in [4.78, 5) is 0. The summed E-state index contributed by atoms with van der Waals surface area (Å²) < 4.78 is 0. The molecule has 2 aliphatic rings. The van der Waals surface area contributed by atoms with Crippen molar-refractivity contribution in [1.82, 2.24) is 10.7 Å². The standard InChI is InChI=1S/C15H12N3/c1-4-8-14-11(5-1)9-17-18(14)15-10-16-13-7-3-2-6-12(13)15/h1-8,10,17H,9H2. The summed E-state index contributed by atoms with van der Waals surface area (Å²) >= 11 is 0. The molecule has 4 rings (SSSR count). The molecule has 0 saturated carbocycles. The van der Waals surface area contributed by atoms with Gasteiger partial charge in [0.05, 0.1) is 23.3 Å². The zero-order valence-electron chi connectivity index (χ0n) is 9.80. The van der Waals surface area contributed by atoms with Gasteiger partial charge in [0.15, 0.2) is 0 Å². The van der Waals surface area contributed by atoms with E-state index in [4.69, 9.17) is 0 Å². The van der Waals surface area contributed by atoms with E-state index in [1.807, 2.05) is 18.3 Å². The highest BCUT2D eigenvalue weighted by Gasteiger charge is 2.26. The average molecular weight is 234 g/mol. The van der Waals surface area contributed by atoms with Gasteiger partial charge in [0, 0.05) is 12.1 Å². The van der Waals surface area contributed by atoms with Gasteiger partial charge < -0.3 is 0 Å². The van der Waals surface area contributed by atoms with E-state index in [9.17, 15) is 0 Å². The van der Waals surface area contributed by atoms with Crippen LogP contribution in [0.3, 0.4) is 0 Å². The molecule has 1 radical (unpaired) electrons. The molecule has 18 heavy (non-hydrogen) atoms. The van der Waals surface area contributed by atoms with Gasteiger partial charge in [-0.2, -0.15) is 0 Å². The third kappa shape index (κ3) is 1.28. The highest BCUT2D eigenvalue weighted by molar-refractivity contribution is 5.88. The summed E-state index contributed by atoms with van der Waals surface area (Å²) in [7, 11) is 0. The summed E-state index contributed by atoms with van der Waals surface area (Å²) in [5.41, 5.74) is 9.29. The molecule has 2 aromatic carbocycles. The van der Waals surface area contributed by atoms with E-state index in [0.29, 0.717) is 0 Å². The number of benzene rings is 2. The van der Waals surface area contributed by atoms with Gasteiger partial charge >= 0.3 is 0 Å². The Balaban J connectivity index is 1.79. The van der Waals surface area contributed by atoms with Crippen molar-refractivity contribution in [1.29, 1.82) is 0 Å². The predicted molar refractivity (Wildman–Crippen MR) is 72.0 cm³/mol. The molecular formula is C15H12N3. The summed E-state index contributed by atoms with van der Waals surface area (Å²) in [6.45, 7) is 0.871. The molecule has 0 unspecified atom stereocenters. The van der Waals surface area contributed by atoms with Crippen molar-refractivity contribution in [2.45, 2.75) is 6.54 Å². The molecule has 0 atom stereocenters. The molecule has 0 aromatic heterocycles. The van der Waals surface area contributed by atoms with Gasteiger partial charge in [0.2, 0.25) is 0 Å². The number of nitrogens with zero attached hydrogens (tertiary/aromatic N) is 2. The molecule has 0 saturated heterocycles. The smallest absolute Gasteiger partial charge is 0.0854 e. The lowest BCUT2D eigenvalue weighted by molar-refractivity contribution is 0.770. The first kappa shape index (κ1) is 9.74. The Bertz CT molecular complexity index is 646. The Morgan fingerprint density at radius 2 is 1.83 bits per heavy atom. The van der Waals surface area contributed by atoms with Crippen LogP contribution in [0.2, 0.25) is 0 Å². The number of fused-ring (bicyclic) bond motifs is 2. The van der Waals surface area contributed by atoms with Crippen LogP contribution in [0.15, 0.2) is 54.7 Å². The molecule has 0 aliphatic carbocycles. The van der Waals surface area contributed by atoms with Gasteiger partial charge in [-0.1, -0.05) is 36.4 Å². The molecule has 0 spiro atoms. The maximum Gasteiger partial charge on any atom is 0.0854 e. The Morgan fingerprint density at radius 3 is 2.83 bits per heavy atom. The third-order valence-corrected chi connectivity index (χ3v) is 3.41. The zero-order valence-corrected chi connectivity index (χ0v) is 9.80. The molecule has 2 aromatic rings. The minimum absolute atomic E-state index is 0.871. The van der Waals surface area contributed by atoms with Crippen LogP contribution in [-0.2, 0) is 6.54 Å². The van der Waals surface area contributed by atoms with Crippen molar-refractivity contribution in [2.75, 3.05) is 5.01 Å². The molecule has 2 heterocycles. The second-order valence-corrected chi connectivity index (χ2v) is 4.46. The lowest BCUT2D eigenvalue weighted by atomic mass is 10.1. The fourth-order valence-corrected chi connectivity index (χ4v) is 2.52. The Kier molecular flexibility index (Phi) is 1.96. The number of para-hydroxylation sites is 2. The van der Waals surface area contributed by atoms with Crippen LogP contribution in [0.1, 0.15) is 11.1 Å². The predicted octanol–water partition coefficient (Wildman–Crippen LogP) is 2.76. The van der Waals surface area contributed by atoms with Gasteiger partial charge in [-0.15, -0.1) is 0 Å². The molecule has 0 amide bonds. The van der Waals surface area contributed by atoms with E-state index in [-0.39, 0.29) is 0 Å². The minimum atomic E-state index is 0.871. The molecule has 1 N–H and O–H groups in total. The van der Waals surface area contributed by atoms with Gasteiger partial charge in [0.25, 0.3) is 0 Å². The first-order valence-electron chi connectivity index (χ1n) is 6.05. The summed E-state index contributed by atoms with van der Waals surface area (Å²) in [5.74, 6) is 0. The largest absolute Gasteiger partial charge is 0.274 e. The summed E-state index contributed by atoms with van der Waals surface area (Å²) in [6, 6.07) is 16.7. The van der Waals surface area contributed by atoms with Crippen LogP contribution >= 0.6 is 0 Å². The third-order valence-electron chi connectivity index (χ3n) is 3.41. The quantitative estimate of drug-likeness (QED) is 0.822. The number of rotatable bonds is 1. The number of hydrogen-bond donors (Lipinski definition) is 1. The van der Waals surface area contributed by atoms with Crippen LogP contribution in [0.5, 0.6) is 0 Å². The highest BCUT2D eigenvalue weighted by Crippen LogP contribution is 2.37. The summed E-state index contributed by atoms with van der Waals surface area (Å²) in [5, 5.41) is 6.58. The SMILES string of the molecule is C1=C(N2NCc3ccccc32)c2ccccc2[N]1. The number of hydrazine groups is 1. The maximum atomic E-state index is 4.45. The molecule has 3 nitrogen and oxygen atoms in total. The topological polar surface area (TPSA) is 29.4 Å². The van der Waals surface area contributed by atoms with E-state index in [1.54, 1.807) is 0 Å². The number of nitrogens with one attached hydrogen (secondary N) is 1. The van der Waals surface area contributed by atoms with Gasteiger partial charge in [-0.05, 0) is 17.7 Å². The normalized spacial score (nSPS) is 16.0. The van der Waals surface area contributed by atoms with Crippen molar-refractivity contribution >= 4 is 17.1 Å². The lowest BCUT2D eigenvalue weighted by Crippen LogP contribution is -2.29. The van der Waals surface area contributed by atoms with E-state index >= 15 is 0 Å². The van der Waals surface area contributed by atoms with E-state index < -0.39 is 0 Å². The minimum Gasteiger partial charge on any atom is -0.274 e. The molecule has 0 bridgehead atoms. The van der Waals surface area contributed by atoms with Gasteiger partial charge in [-0.25, -0.2) is 5.43 Å². The number of anilines is 1. The van der Waals surface area contributed by atoms with Crippen molar-refractivity contribution in [3.63, 3.8) is 0 Å². The Hall–Kier alpha value is -2.26. The zero-order chi connectivity index (χ0) is 11.9. The van der Waals surface area contributed by atoms with Crippen LogP contribution in [0.25, 0.3) is 5.70 Å². The first-order valence-corrected chi connectivity index (χ1v) is 6.05. The van der Waals surface area contributed by atoms with Crippen LogP contribution in [-0.4, -0.2) is 0 Å². The van der Waals surface area contributed by atoms with Gasteiger partial charge in [-0.3, -0.25) is 10.3 Å². The van der Waals surface area contributed by atoms with E-state index in [2.05, 4.69) is 52.1 Å². The number of hydrogen-bond acceptors (Lipinski definition) is 2. The molecule has 0 fully saturated rings. The molecule has 87 valence electrons. The van der Waals surface area contributed by atoms with E-state index in [1.165, 1.54) is 16.8 Å². The Labute approximate surface area is 106 Å². The monoisotopic (exact) mass is 234 g/mol. The first-order chi connectivity index (χ1) is 8.93. The average Bonchev–Trinajstić information content (AvgIpc) is 3.01. The summed E-state index contributed by atoms with van der Waals surface area (Å²) in [6.07, 6.45) is 1.93. The highest BCUT2D eigenvalue weighted by atomic mass is 15.5. The fourth-order valence-electron chi connectivity index (χ4n) is 2.52. The maximum absolute atomic E-state index is 4.45. The fraction of sp³-hybridized carbons (Fsp3) is 0.0667. The second-order valence-electron chi connectivity index (χ2n) is 4.46. The van der Waals surface area contributed by atoms with Crippen LogP contribution < -0.4 is 15.8 Å².